The second-order valence-electron chi connectivity index (χ2n) is 5.86. The molecule has 0 spiro atoms. The summed E-state index contributed by atoms with van der Waals surface area (Å²) < 4.78 is 5.14. The fourth-order valence-electron chi connectivity index (χ4n) is 2.52. The van der Waals surface area contributed by atoms with Crippen molar-refractivity contribution in [1.82, 2.24) is 5.32 Å². The lowest BCUT2D eigenvalue weighted by molar-refractivity contribution is -0.147. The Labute approximate surface area is 160 Å². The molecule has 2 aromatic carbocycles. The third-order valence-electron chi connectivity index (χ3n) is 3.83. The van der Waals surface area contributed by atoms with E-state index in [4.69, 9.17) is 10.5 Å². The number of ether oxygens (including phenoxy) is 1. The van der Waals surface area contributed by atoms with Crippen molar-refractivity contribution in [2.75, 3.05) is 18.9 Å². The highest BCUT2D eigenvalue weighted by Crippen LogP contribution is 2.11. The number of nitrogens with two attached hydrogens (primary N) is 1. The number of hydrogen-bond acceptors (Lipinski definition) is 4. The molecule has 2 aromatic rings. The van der Waals surface area contributed by atoms with E-state index >= 15 is 0 Å². The molecule has 0 fully saturated rings. The highest BCUT2D eigenvalue weighted by atomic mass is 35.5. The van der Waals surface area contributed by atoms with Crippen LogP contribution in [0.2, 0.25) is 0 Å². The fraction of sp³-hybridized carbons (Fsp3) is 0.300. The van der Waals surface area contributed by atoms with E-state index in [0.717, 1.165) is 11.1 Å². The molecule has 0 saturated carbocycles. The van der Waals surface area contributed by atoms with Crippen molar-refractivity contribution >= 4 is 30.0 Å². The van der Waals surface area contributed by atoms with Gasteiger partial charge in [-0.05, 0) is 36.6 Å². The summed E-state index contributed by atoms with van der Waals surface area (Å²) in [5.41, 5.74) is 8.21. The van der Waals surface area contributed by atoms with Gasteiger partial charge in [-0.1, -0.05) is 42.5 Å². The van der Waals surface area contributed by atoms with Crippen molar-refractivity contribution in [1.29, 1.82) is 0 Å². The predicted molar refractivity (Wildman–Crippen MR) is 105 cm³/mol. The van der Waals surface area contributed by atoms with Crippen molar-refractivity contribution in [2.45, 2.75) is 19.8 Å². The molecule has 0 bridgehead atoms. The van der Waals surface area contributed by atoms with Gasteiger partial charge in [-0.25, -0.2) is 0 Å². The van der Waals surface area contributed by atoms with Crippen molar-refractivity contribution < 1.29 is 14.3 Å². The van der Waals surface area contributed by atoms with Crippen LogP contribution in [-0.4, -0.2) is 25.0 Å². The van der Waals surface area contributed by atoms with Gasteiger partial charge in [0, 0.05) is 12.2 Å². The number of nitrogen functional groups attached to an aromatic ring is 1. The molecule has 0 aliphatic carbocycles. The molecule has 0 saturated heterocycles. The van der Waals surface area contributed by atoms with Crippen LogP contribution >= 0.6 is 12.4 Å². The van der Waals surface area contributed by atoms with Gasteiger partial charge in [-0.2, -0.15) is 0 Å². The lowest BCUT2D eigenvalue weighted by atomic mass is 9.99. The number of halogens is 1. The van der Waals surface area contributed by atoms with Crippen LogP contribution in [0.4, 0.5) is 5.69 Å². The quantitative estimate of drug-likeness (QED) is 0.548. The molecule has 26 heavy (non-hydrogen) atoms. The summed E-state index contributed by atoms with van der Waals surface area (Å²) in [6, 6.07) is 16.9. The summed E-state index contributed by atoms with van der Waals surface area (Å²) in [5, 5.41) is 2.83. The first-order valence-electron chi connectivity index (χ1n) is 8.40. The lowest BCUT2D eigenvalue weighted by Crippen LogP contribution is -2.35. The number of carbonyl (C=O) groups is 2. The number of carbonyl (C=O) groups excluding carboxylic acids is 2. The Balaban J connectivity index is 0.00000338. The Hall–Kier alpha value is -2.53. The molecule has 0 heterocycles. The normalized spacial score (nSPS) is 11.1. The Morgan fingerprint density at radius 3 is 2.31 bits per heavy atom. The van der Waals surface area contributed by atoms with E-state index in [1.165, 1.54) is 0 Å². The van der Waals surface area contributed by atoms with Crippen LogP contribution in [0.3, 0.4) is 0 Å². The maximum atomic E-state index is 12.2. The van der Waals surface area contributed by atoms with E-state index in [1.54, 1.807) is 19.1 Å². The molecule has 6 heteroatoms. The van der Waals surface area contributed by atoms with Crippen LogP contribution in [0.1, 0.15) is 18.1 Å². The highest BCUT2D eigenvalue weighted by Gasteiger charge is 2.21. The Morgan fingerprint density at radius 1 is 1.04 bits per heavy atom. The first-order valence-corrected chi connectivity index (χ1v) is 8.40. The second-order valence-corrected chi connectivity index (χ2v) is 5.86. The number of benzene rings is 2. The van der Waals surface area contributed by atoms with Gasteiger partial charge in [0.05, 0.1) is 18.9 Å². The molecule has 0 aliphatic heterocycles. The molecule has 1 atom stereocenters. The number of esters is 1. The minimum absolute atomic E-state index is 0. The van der Waals surface area contributed by atoms with Gasteiger partial charge in [0.15, 0.2) is 0 Å². The van der Waals surface area contributed by atoms with Crippen molar-refractivity contribution in [3.05, 3.63) is 65.7 Å². The van der Waals surface area contributed by atoms with Crippen LogP contribution in [-0.2, 0) is 27.2 Å². The zero-order valence-corrected chi connectivity index (χ0v) is 15.6. The average Bonchev–Trinajstić information content (AvgIpc) is 2.61. The summed E-state index contributed by atoms with van der Waals surface area (Å²) in [5.74, 6) is -0.830. The Kier molecular flexibility index (Phi) is 9.23. The van der Waals surface area contributed by atoms with E-state index < -0.39 is 5.92 Å². The van der Waals surface area contributed by atoms with Gasteiger partial charge < -0.3 is 15.8 Å². The summed E-state index contributed by atoms with van der Waals surface area (Å²) >= 11 is 0. The number of hydrogen-bond donors (Lipinski definition) is 2. The fourth-order valence-corrected chi connectivity index (χ4v) is 2.52. The number of anilines is 1. The van der Waals surface area contributed by atoms with Gasteiger partial charge in [-0.15, -0.1) is 12.4 Å². The molecule has 0 radical (unpaired) electrons. The summed E-state index contributed by atoms with van der Waals surface area (Å²) in [6.07, 6.45) is 0.781. The molecule has 0 aromatic heterocycles. The third kappa shape index (κ3) is 7.15. The van der Waals surface area contributed by atoms with Crippen LogP contribution in [0.25, 0.3) is 0 Å². The third-order valence-corrected chi connectivity index (χ3v) is 3.83. The van der Waals surface area contributed by atoms with Crippen molar-refractivity contribution in [2.24, 2.45) is 5.92 Å². The van der Waals surface area contributed by atoms with Crippen molar-refractivity contribution in [3.63, 3.8) is 0 Å². The first kappa shape index (κ1) is 21.5. The minimum atomic E-state index is -0.405. The van der Waals surface area contributed by atoms with E-state index in [9.17, 15) is 9.59 Å². The number of rotatable bonds is 8. The molecule has 1 unspecified atom stereocenters. The summed E-state index contributed by atoms with van der Waals surface area (Å²) in [7, 11) is 0. The van der Waals surface area contributed by atoms with Gasteiger partial charge in [0.25, 0.3) is 0 Å². The molecule has 2 rings (SSSR count). The SMILES string of the molecule is CCOC(=O)C(CNC(=O)Cc1ccc(N)cc1)Cc1ccccc1.Cl. The minimum Gasteiger partial charge on any atom is -0.466 e. The lowest BCUT2D eigenvalue weighted by Gasteiger charge is -2.16. The van der Waals surface area contributed by atoms with E-state index in [0.29, 0.717) is 18.7 Å². The van der Waals surface area contributed by atoms with E-state index in [2.05, 4.69) is 5.32 Å². The van der Waals surface area contributed by atoms with Gasteiger partial charge in [0.2, 0.25) is 5.91 Å². The zero-order valence-electron chi connectivity index (χ0n) is 14.8. The average molecular weight is 377 g/mol. The van der Waals surface area contributed by atoms with E-state index in [1.807, 2.05) is 42.5 Å². The molecule has 3 N–H and O–H groups in total. The smallest absolute Gasteiger partial charge is 0.311 e. The van der Waals surface area contributed by atoms with Gasteiger partial charge in [-0.3, -0.25) is 9.59 Å². The first-order chi connectivity index (χ1) is 12.1. The van der Waals surface area contributed by atoms with Crippen molar-refractivity contribution in [3.8, 4) is 0 Å². The van der Waals surface area contributed by atoms with E-state index in [-0.39, 0.29) is 37.2 Å². The molecular weight excluding hydrogens is 352 g/mol. The Bertz CT molecular complexity index is 690. The Morgan fingerprint density at radius 2 is 1.69 bits per heavy atom. The molecule has 1 amide bonds. The largest absolute Gasteiger partial charge is 0.466 e. The van der Waals surface area contributed by atoms with Crippen LogP contribution in [0.5, 0.6) is 0 Å². The van der Waals surface area contributed by atoms with Gasteiger partial charge in [0.1, 0.15) is 0 Å². The molecular formula is C20H25ClN2O3. The maximum absolute atomic E-state index is 12.2. The maximum Gasteiger partial charge on any atom is 0.311 e. The predicted octanol–water partition coefficient (Wildman–Crippen LogP) is 2.77. The summed E-state index contributed by atoms with van der Waals surface area (Å²) in [6.45, 7) is 2.35. The monoisotopic (exact) mass is 376 g/mol. The zero-order chi connectivity index (χ0) is 18.1. The standard InChI is InChI=1S/C20H24N2O3.ClH/c1-2-25-20(24)17(12-15-6-4-3-5-7-15)14-22-19(23)13-16-8-10-18(21)11-9-16;/h3-11,17H,2,12-14,21H2,1H3,(H,22,23);1H. The van der Waals surface area contributed by atoms with Crippen LogP contribution in [0.15, 0.2) is 54.6 Å². The summed E-state index contributed by atoms with van der Waals surface area (Å²) in [4.78, 5) is 24.3. The second kappa shape index (κ2) is 11.2. The topological polar surface area (TPSA) is 81.4 Å². The van der Waals surface area contributed by atoms with Gasteiger partial charge >= 0.3 is 5.97 Å². The number of amides is 1. The van der Waals surface area contributed by atoms with Crippen LogP contribution < -0.4 is 11.1 Å². The molecule has 0 aliphatic rings. The molecule has 140 valence electrons. The highest BCUT2D eigenvalue weighted by molar-refractivity contribution is 5.85. The number of nitrogens with one attached hydrogen (secondary N) is 1. The van der Waals surface area contributed by atoms with Crippen LogP contribution in [0, 0.1) is 5.92 Å². The molecule has 5 nitrogen and oxygen atoms in total.